The molecule has 1 N–H and O–H groups in total. The first kappa shape index (κ1) is 19.3. The maximum Gasteiger partial charge on any atom is 0.446 e. The highest BCUT2D eigenvalue weighted by atomic mass is 32.2. The number of urea groups is 1. The Morgan fingerprint density at radius 3 is 2.41 bits per heavy atom. The van der Waals surface area contributed by atoms with Gasteiger partial charge in [-0.15, -0.1) is 0 Å². The zero-order chi connectivity index (χ0) is 19.8. The van der Waals surface area contributed by atoms with Crippen molar-refractivity contribution < 1.29 is 22.8 Å². The summed E-state index contributed by atoms with van der Waals surface area (Å²) < 4.78 is 37.4. The standard InChI is InChI=1S/C17H17F3N4O2S/c1-16(2)14(25)24(12-3-5-13(6-4-12)27-17(18,19)20)15(26)23(16)8-7-11-9-21-22-10-11/h3-6,9-10H,7-8H2,1-2H3,(H,21,22). The van der Waals surface area contributed by atoms with Crippen molar-refractivity contribution >= 4 is 29.4 Å². The molecule has 1 aromatic carbocycles. The number of halogens is 3. The van der Waals surface area contributed by atoms with E-state index in [-0.39, 0.29) is 22.3 Å². The molecular formula is C17H17F3N4O2S. The zero-order valence-electron chi connectivity index (χ0n) is 14.6. The second-order valence-corrected chi connectivity index (χ2v) is 7.67. The Morgan fingerprint density at radius 2 is 1.85 bits per heavy atom. The molecule has 3 rings (SSSR count). The summed E-state index contributed by atoms with van der Waals surface area (Å²) in [6, 6.07) is 4.69. The van der Waals surface area contributed by atoms with Gasteiger partial charge in [-0.05, 0) is 61.9 Å². The van der Waals surface area contributed by atoms with E-state index in [1.807, 2.05) is 0 Å². The number of H-pyrrole nitrogens is 1. The summed E-state index contributed by atoms with van der Waals surface area (Å²) in [5, 5.41) is 6.53. The molecule has 0 atom stereocenters. The van der Waals surface area contributed by atoms with Gasteiger partial charge in [-0.2, -0.15) is 18.3 Å². The number of amides is 3. The van der Waals surface area contributed by atoms with Gasteiger partial charge in [-0.25, -0.2) is 9.69 Å². The Hall–Kier alpha value is -2.49. The molecule has 0 spiro atoms. The number of anilines is 1. The molecule has 0 radical (unpaired) electrons. The van der Waals surface area contributed by atoms with Crippen LogP contribution in [-0.2, 0) is 11.2 Å². The van der Waals surface area contributed by atoms with Gasteiger partial charge in [-0.3, -0.25) is 9.89 Å². The highest BCUT2D eigenvalue weighted by Gasteiger charge is 2.51. The number of rotatable bonds is 5. The lowest BCUT2D eigenvalue weighted by Crippen LogP contribution is -2.45. The molecule has 6 nitrogen and oxygen atoms in total. The number of imide groups is 1. The van der Waals surface area contributed by atoms with E-state index in [0.717, 1.165) is 10.5 Å². The van der Waals surface area contributed by atoms with Crippen molar-refractivity contribution in [2.24, 2.45) is 0 Å². The van der Waals surface area contributed by atoms with Gasteiger partial charge >= 0.3 is 11.5 Å². The number of hydrogen-bond acceptors (Lipinski definition) is 4. The van der Waals surface area contributed by atoms with Crippen LogP contribution in [-0.4, -0.2) is 44.6 Å². The molecule has 1 aromatic heterocycles. The third-order valence-corrected chi connectivity index (χ3v) is 5.07. The Balaban J connectivity index is 1.79. The van der Waals surface area contributed by atoms with Gasteiger partial charge in [0, 0.05) is 17.6 Å². The van der Waals surface area contributed by atoms with Crippen molar-refractivity contribution in [2.75, 3.05) is 11.4 Å². The zero-order valence-corrected chi connectivity index (χ0v) is 15.4. The molecule has 3 amide bonds. The normalized spacial score (nSPS) is 17.1. The third-order valence-electron chi connectivity index (χ3n) is 4.33. The maximum atomic E-state index is 12.8. The van der Waals surface area contributed by atoms with Gasteiger partial charge in [0.15, 0.2) is 0 Å². The molecule has 1 fully saturated rings. The number of nitrogens with zero attached hydrogens (tertiary/aromatic N) is 3. The number of thioether (sulfide) groups is 1. The lowest BCUT2D eigenvalue weighted by Gasteiger charge is -2.27. The van der Waals surface area contributed by atoms with Crippen LogP contribution in [0.2, 0.25) is 0 Å². The van der Waals surface area contributed by atoms with Crippen LogP contribution in [0.15, 0.2) is 41.6 Å². The highest BCUT2D eigenvalue weighted by molar-refractivity contribution is 8.00. The molecule has 1 saturated heterocycles. The van der Waals surface area contributed by atoms with Gasteiger partial charge in [-0.1, -0.05) is 0 Å². The molecule has 10 heteroatoms. The molecule has 1 aliphatic rings. The number of aromatic amines is 1. The van der Waals surface area contributed by atoms with Crippen molar-refractivity contribution in [3.05, 3.63) is 42.2 Å². The fourth-order valence-electron chi connectivity index (χ4n) is 2.89. The number of aromatic nitrogens is 2. The fourth-order valence-corrected chi connectivity index (χ4v) is 3.43. The number of alkyl halides is 3. The number of carbonyl (C=O) groups excluding carboxylic acids is 2. The van der Waals surface area contributed by atoms with Gasteiger partial charge in [0.25, 0.3) is 5.91 Å². The summed E-state index contributed by atoms with van der Waals surface area (Å²) in [5.74, 6) is -0.420. The molecule has 2 heterocycles. The van der Waals surface area contributed by atoms with E-state index >= 15 is 0 Å². The minimum atomic E-state index is -4.40. The van der Waals surface area contributed by atoms with Crippen molar-refractivity contribution in [1.29, 1.82) is 0 Å². The molecular weight excluding hydrogens is 381 g/mol. The Kier molecular flexibility index (Phi) is 4.94. The first-order valence-electron chi connectivity index (χ1n) is 8.09. The topological polar surface area (TPSA) is 69.3 Å². The molecule has 0 bridgehead atoms. The largest absolute Gasteiger partial charge is 0.446 e. The second kappa shape index (κ2) is 6.91. The van der Waals surface area contributed by atoms with Crippen LogP contribution >= 0.6 is 11.8 Å². The van der Waals surface area contributed by atoms with E-state index in [0.29, 0.717) is 13.0 Å². The summed E-state index contributed by atoms with van der Waals surface area (Å²) in [7, 11) is 0. The average Bonchev–Trinajstić information content (AvgIpc) is 3.13. The Morgan fingerprint density at radius 1 is 1.19 bits per heavy atom. The molecule has 0 saturated carbocycles. The fraction of sp³-hybridized carbons (Fsp3) is 0.353. The lowest BCUT2D eigenvalue weighted by molar-refractivity contribution is -0.123. The number of hydrogen-bond donors (Lipinski definition) is 1. The Bertz CT molecular complexity index is 835. The second-order valence-electron chi connectivity index (χ2n) is 6.53. The summed E-state index contributed by atoms with van der Waals surface area (Å²) >= 11 is -0.247. The summed E-state index contributed by atoms with van der Waals surface area (Å²) in [6.45, 7) is 3.61. The van der Waals surface area contributed by atoms with Crippen molar-refractivity contribution in [3.63, 3.8) is 0 Å². The molecule has 144 valence electrons. The van der Waals surface area contributed by atoms with Gasteiger partial charge in [0.2, 0.25) is 0 Å². The molecule has 27 heavy (non-hydrogen) atoms. The minimum absolute atomic E-state index is 0.0126. The van der Waals surface area contributed by atoms with Crippen LogP contribution in [0.4, 0.5) is 23.7 Å². The van der Waals surface area contributed by atoms with E-state index < -0.39 is 23.0 Å². The maximum absolute atomic E-state index is 12.8. The summed E-state index contributed by atoms with van der Waals surface area (Å²) in [5.41, 5.74) is -4.30. The number of carbonyl (C=O) groups is 2. The van der Waals surface area contributed by atoms with Gasteiger partial charge < -0.3 is 4.90 Å². The van der Waals surface area contributed by atoms with Gasteiger partial charge in [0.05, 0.1) is 11.9 Å². The minimum Gasteiger partial charge on any atom is -0.309 e. The van der Waals surface area contributed by atoms with Crippen LogP contribution in [0.25, 0.3) is 0 Å². The molecule has 2 aromatic rings. The molecule has 0 aliphatic carbocycles. The van der Waals surface area contributed by atoms with Crippen LogP contribution in [0.5, 0.6) is 0 Å². The monoisotopic (exact) mass is 398 g/mol. The smallest absolute Gasteiger partial charge is 0.309 e. The Labute approximate surface area is 157 Å². The van der Waals surface area contributed by atoms with Crippen molar-refractivity contribution in [2.45, 2.75) is 36.2 Å². The molecule has 1 aliphatic heterocycles. The summed E-state index contributed by atoms with van der Waals surface area (Å²) in [4.78, 5) is 28.1. The highest BCUT2D eigenvalue weighted by Crippen LogP contribution is 2.38. The van der Waals surface area contributed by atoms with E-state index in [2.05, 4.69) is 10.2 Å². The van der Waals surface area contributed by atoms with E-state index in [1.54, 1.807) is 26.2 Å². The predicted molar refractivity (Wildman–Crippen MR) is 94.3 cm³/mol. The quantitative estimate of drug-likeness (QED) is 0.614. The number of benzene rings is 1. The van der Waals surface area contributed by atoms with Crippen molar-refractivity contribution in [1.82, 2.24) is 15.1 Å². The molecule has 0 unspecified atom stereocenters. The van der Waals surface area contributed by atoms with Crippen LogP contribution in [0.1, 0.15) is 19.4 Å². The predicted octanol–water partition coefficient (Wildman–Crippen LogP) is 3.81. The van der Waals surface area contributed by atoms with E-state index in [4.69, 9.17) is 0 Å². The number of nitrogens with one attached hydrogen (secondary N) is 1. The van der Waals surface area contributed by atoms with Crippen molar-refractivity contribution in [3.8, 4) is 0 Å². The SMILES string of the molecule is CC1(C)C(=O)N(c2ccc(SC(F)(F)F)cc2)C(=O)N1CCc1cn[nH]c1. The average molecular weight is 398 g/mol. The van der Waals surface area contributed by atoms with E-state index in [1.165, 1.54) is 29.2 Å². The van der Waals surface area contributed by atoms with E-state index in [9.17, 15) is 22.8 Å². The lowest BCUT2D eigenvalue weighted by atomic mass is 10.0. The van der Waals surface area contributed by atoms with Gasteiger partial charge in [0.1, 0.15) is 5.54 Å². The first-order valence-corrected chi connectivity index (χ1v) is 8.91. The van der Waals surface area contributed by atoms with Crippen LogP contribution in [0, 0.1) is 0 Å². The van der Waals surface area contributed by atoms with Crippen LogP contribution < -0.4 is 4.90 Å². The summed E-state index contributed by atoms with van der Waals surface area (Å²) in [6.07, 6.45) is 3.88. The van der Waals surface area contributed by atoms with Crippen LogP contribution in [0.3, 0.4) is 0 Å². The third kappa shape index (κ3) is 3.95. The first-order chi connectivity index (χ1) is 12.6.